The highest BCUT2D eigenvalue weighted by atomic mass is 19.1. The van der Waals surface area contributed by atoms with Gasteiger partial charge in [-0.1, -0.05) is 12.1 Å². The summed E-state index contributed by atoms with van der Waals surface area (Å²) in [5.74, 6) is -1.83. The molecular weight excluding hydrogens is 248 g/mol. The Morgan fingerprint density at radius 1 is 0.947 bits per heavy atom. The summed E-state index contributed by atoms with van der Waals surface area (Å²) in [7, 11) is 0. The molecule has 2 aromatic rings. The van der Waals surface area contributed by atoms with E-state index in [-0.39, 0.29) is 11.3 Å². The first-order valence-corrected chi connectivity index (χ1v) is 5.81. The summed E-state index contributed by atoms with van der Waals surface area (Å²) in [4.78, 5) is 11.9. The van der Waals surface area contributed by atoms with Gasteiger partial charge in [-0.05, 0) is 49.2 Å². The summed E-state index contributed by atoms with van der Waals surface area (Å²) >= 11 is 0. The van der Waals surface area contributed by atoms with Crippen molar-refractivity contribution < 1.29 is 13.6 Å². The molecular formula is C15H13F2NO. The first kappa shape index (κ1) is 13.2. The molecule has 0 radical (unpaired) electrons. The maximum absolute atomic E-state index is 13.6. The van der Waals surface area contributed by atoms with Gasteiger partial charge in [0.2, 0.25) is 0 Å². The predicted molar refractivity (Wildman–Crippen MR) is 70.2 cm³/mol. The Bertz CT molecular complexity index is 638. The van der Waals surface area contributed by atoms with Crippen molar-refractivity contribution in [2.45, 2.75) is 13.8 Å². The molecule has 2 aromatic carbocycles. The molecule has 2 nitrogen and oxygen atoms in total. The minimum atomic E-state index is -0.665. The number of hydrogen-bond donors (Lipinski definition) is 1. The molecule has 0 heterocycles. The number of nitrogens with one attached hydrogen (secondary N) is 1. The Labute approximate surface area is 110 Å². The van der Waals surface area contributed by atoms with Crippen molar-refractivity contribution in [3.05, 3.63) is 64.7 Å². The lowest BCUT2D eigenvalue weighted by molar-refractivity contribution is 0.102. The molecule has 0 aliphatic rings. The second kappa shape index (κ2) is 5.18. The van der Waals surface area contributed by atoms with Gasteiger partial charge < -0.3 is 5.32 Å². The highest BCUT2D eigenvalue weighted by Crippen LogP contribution is 2.18. The summed E-state index contributed by atoms with van der Waals surface area (Å²) in [5.41, 5.74) is 1.47. The van der Waals surface area contributed by atoms with Crippen LogP contribution in [-0.4, -0.2) is 5.91 Å². The zero-order valence-corrected chi connectivity index (χ0v) is 10.6. The van der Waals surface area contributed by atoms with Gasteiger partial charge in [-0.15, -0.1) is 0 Å². The van der Waals surface area contributed by atoms with Crippen molar-refractivity contribution in [3.63, 3.8) is 0 Å². The highest BCUT2D eigenvalue weighted by Gasteiger charge is 2.13. The fourth-order valence-corrected chi connectivity index (χ4v) is 1.73. The lowest BCUT2D eigenvalue weighted by Gasteiger charge is -2.08. The summed E-state index contributed by atoms with van der Waals surface area (Å²) in [5, 5.41) is 2.37. The van der Waals surface area contributed by atoms with Crippen molar-refractivity contribution >= 4 is 11.6 Å². The molecule has 0 aliphatic carbocycles. The minimum Gasteiger partial charge on any atom is -0.319 e. The first-order chi connectivity index (χ1) is 8.97. The van der Waals surface area contributed by atoms with E-state index in [1.165, 1.54) is 24.3 Å². The molecule has 0 atom stereocenters. The Kier molecular flexibility index (Phi) is 3.60. The van der Waals surface area contributed by atoms with Gasteiger partial charge in [-0.25, -0.2) is 8.78 Å². The van der Waals surface area contributed by atoms with E-state index in [0.29, 0.717) is 0 Å². The van der Waals surface area contributed by atoms with Gasteiger partial charge in [0.25, 0.3) is 5.91 Å². The largest absolute Gasteiger partial charge is 0.319 e. The zero-order chi connectivity index (χ0) is 14.0. The van der Waals surface area contributed by atoms with E-state index < -0.39 is 17.5 Å². The topological polar surface area (TPSA) is 29.1 Å². The Hall–Kier alpha value is -2.23. The molecule has 0 saturated heterocycles. The number of amides is 1. The average Bonchev–Trinajstić information content (AvgIpc) is 2.33. The van der Waals surface area contributed by atoms with Crippen LogP contribution in [0, 0.1) is 25.5 Å². The molecule has 2 rings (SSSR count). The van der Waals surface area contributed by atoms with Gasteiger partial charge in [0.05, 0.1) is 11.3 Å². The molecule has 1 amide bonds. The molecule has 4 heteroatoms. The summed E-state index contributed by atoms with van der Waals surface area (Å²) in [6, 6.07) is 8.63. The Balaban J connectivity index is 2.28. The third-order valence-electron chi connectivity index (χ3n) is 2.74. The van der Waals surface area contributed by atoms with Crippen molar-refractivity contribution in [1.82, 2.24) is 0 Å². The zero-order valence-electron chi connectivity index (χ0n) is 10.6. The van der Waals surface area contributed by atoms with Gasteiger partial charge in [0.1, 0.15) is 11.6 Å². The highest BCUT2D eigenvalue weighted by molar-refractivity contribution is 6.04. The second-order valence-corrected chi connectivity index (χ2v) is 4.42. The van der Waals surface area contributed by atoms with Gasteiger partial charge >= 0.3 is 0 Å². The van der Waals surface area contributed by atoms with Crippen LogP contribution in [0.4, 0.5) is 14.5 Å². The minimum absolute atomic E-state index is 0.0463. The van der Waals surface area contributed by atoms with Crippen LogP contribution in [0.15, 0.2) is 36.4 Å². The fourth-order valence-electron chi connectivity index (χ4n) is 1.73. The van der Waals surface area contributed by atoms with Gasteiger partial charge in [-0.2, -0.15) is 0 Å². The van der Waals surface area contributed by atoms with Crippen LogP contribution in [0.1, 0.15) is 21.5 Å². The van der Waals surface area contributed by atoms with Crippen LogP contribution >= 0.6 is 0 Å². The maximum Gasteiger partial charge on any atom is 0.258 e. The molecule has 0 aromatic heterocycles. The number of carbonyl (C=O) groups excluding carboxylic acids is 1. The summed E-state index contributed by atoms with van der Waals surface area (Å²) in [6.45, 7) is 3.51. The van der Waals surface area contributed by atoms with Crippen molar-refractivity contribution in [1.29, 1.82) is 0 Å². The van der Waals surface area contributed by atoms with E-state index in [1.54, 1.807) is 26.0 Å². The van der Waals surface area contributed by atoms with Crippen LogP contribution in [0.2, 0.25) is 0 Å². The van der Waals surface area contributed by atoms with Crippen LogP contribution < -0.4 is 5.32 Å². The monoisotopic (exact) mass is 261 g/mol. The Morgan fingerprint density at radius 2 is 1.58 bits per heavy atom. The van der Waals surface area contributed by atoms with Gasteiger partial charge in [-0.3, -0.25) is 4.79 Å². The molecule has 19 heavy (non-hydrogen) atoms. The smallest absolute Gasteiger partial charge is 0.258 e. The number of rotatable bonds is 2. The van der Waals surface area contributed by atoms with E-state index in [1.807, 2.05) is 0 Å². The molecule has 0 spiro atoms. The molecule has 0 unspecified atom stereocenters. The number of halogens is 2. The molecule has 0 saturated carbocycles. The quantitative estimate of drug-likeness (QED) is 0.874. The van der Waals surface area contributed by atoms with Crippen LogP contribution in [0.5, 0.6) is 0 Å². The van der Waals surface area contributed by atoms with Crippen molar-refractivity contribution in [2.24, 2.45) is 0 Å². The SMILES string of the molecule is Cc1ccc(C(=O)Nc2cc(C)ccc2F)c(F)c1. The molecule has 0 aliphatic heterocycles. The van der Waals surface area contributed by atoms with E-state index >= 15 is 0 Å². The van der Waals surface area contributed by atoms with Gasteiger partial charge in [0, 0.05) is 0 Å². The van der Waals surface area contributed by atoms with E-state index in [9.17, 15) is 13.6 Å². The lowest BCUT2D eigenvalue weighted by atomic mass is 10.1. The van der Waals surface area contributed by atoms with Crippen LogP contribution in [0.3, 0.4) is 0 Å². The number of carbonyl (C=O) groups is 1. The number of anilines is 1. The standard InChI is InChI=1S/C15H13F2NO/c1-9-3-5-11(13(17)7-9)15(19)18-14-8-10(2)4-6-12(14)16/h3-8H,1-2H3,(H,18,19). The van der Waals surface area contributed by atoms with E-state index in [0.717, 1.165) is 11.1 Å². The van der Waals surface area contributed by atoms with E-state index in [4.69, 9.17) is 0 Å². The Morgan fingerprint density at radius 3 is 2.26 bits per heavy atom. The lowest BCUT2D eigenvalue weighted by Crippen LogP contribution is -2.15. The van der Waals surface area contributed by atoms with E-state index in [2.05, 4.69) is 5.32 Å². The molecule has 0 fully saturated rings. The third-order valence-corrected chi connectivity index (χ3v) is 2.74. The van der Waals surface area contributed by atoms with Crippen molar-refractivity contribution in [3.8, 4) is 0 Å². The fraction of sp³-hybridized carbons (Fsp3) is 0.133. The summed E-state index contributed by atoms with van der Waals surface area (Å²) in [6.07, 6.45) is 0. The number of aryl methyl sites for hydroxylation is 2. The predicted octanol–water partition coefficient (Wildman–Crippen LogP) is 3.83. The number of benzene rings is 2. The maximum atomic E-state index is 13.6. The third kappa shape index (κ3) is 2.96. The van der Waals surface area contributed by atoms with Crippen LogP contribution in [-0.2, 0) is 0 Å². The average molecular weight is 261 g/mol. The second-order valence-electron chi connectivity index (χ2n) is 4.42. The molecule has 1 N–H and O–H groups in total. The summed E-state index contributed by atoms with van der Waals surface area (Å²) < 4.78 is 27.1. The molecule has 0 bridgehead atoms. The first-order valence-electron chi connectivity index (χ1n) is 5.81. The van der Waals surface area contributed by atoms with Crippen LogP contribution in [0.25, 0.3) is 0 Å². The molecule has 98 valence electrons. The normalized spacial score (nSPS) is 10.3. The van der Waals surface area contributed by atoms with Crippen molar-refractivity contribution in [2.75, 3.05) is 5.32 Å². The number of hydrogen-bond acceptors (Lipinski definition) is 1. The van der Waals surface area contributed by atoms with Gasteiger partial charge in [0.15, 0.2) is 0 Å².